The van der Waals surface area contributed by atoms with Gasteiger partial charge in [0.1, 0.15) is 36.6 Å². The molecule has 11 nitrogen and oxygen atoms in total. The van der Waals surface area contributed by atoms with Crippen molar-refractivity contribution in [1.29, 1.82) is 0 Å². The normalized spacial score (nSPS) is 20.2. The molecule has 0 aromatic heterocycles. The molecule has 9 unspecified atom stereocenters. The van der Waals surface area contributed by atoms with Crippen LogP contribution in [0.4, 0.5) is 0 Å². The van der Waals surface area contributed by atoms with Gasteiger partial charge >= 0.3 is 0 Å². The number of ether oxygens (including phenoxy) is 2. The smallest absolute Gasteiger partial charge is 0.249 e. The van der Waals surface area contributed by atoms with Gasteiger partial charge in [0.2, 0.25) is 5.91 Å². The van der Waals surface area contributed by atoms with E-state index >= 15 is 0 Å². The predicted molar refractivity (Wildman–Crippen MR) is 302 cm³/mol. The van der Waals surface area contributed by atoms with E-state index in [1.165, 1.54) is 173 Å². The largest absolute Gasteiger partial charge is 0.394 e. The third-order valence-electron chi connectivity index (χ3n) is 14.9. The lowest BCUT2D eigenvalue weighted by Crippen LogP contribution is -2.60. The van der Waals surface area contributed by atoms with Crippen LogP contribution in [0.5, 0.6) is 0 Å². The number of amides is 1. The number of allylic oxidation sites excluding steroid dienone is 6. The molecular formula is C62H117NO10. The number of aliphatic hydroxyl groups excluding tert-OH is 7. The third kappa shape index (κ3) is 39.4. The average Bonchev–Trinajstić information content (AvgIpc) is 3.39. The summed E-state index contributed by atoms with van der Waals surface area (Å²) in [4.78, 5) is 13.1. The SMILES string of the molecule is CCCCCC/C=C\CCCCCCCCC(O)C(=O)NC(COC1OC(CO)C(O)C(O)C1O)C(O)C(O)CCC/C=C/CC/C=C/CCCCCCCCCCCCCCCCCCCCCCCCC. The first kappa shape index (κ1) is 69.3. The minimum absolute atomic E-state index is 0.243. The Kier molecular flexibility index (Phi) is 48.5. The molecule has 8 N–H and O–H groups in total. The molecule has 1 aliphatic heterocycles. The summed E-state index contributed by atoms with van der Waals surface area (Å²) < 4.78 is 11.1. The molecule has 0 aromatic rings. The summed E-state index contributed by atoms with van der Waals surface area (Å²) in [6, 6.07) is -1.19. The quantitative estimate of drug-likeness (QED) is 0.0215. The van der Waals surface area contributed by atoms with Gasteiger partial charge in [0, 0.05) is 0 Å². The second-order valence-corrected chi connectivity index (χ2v) is 21.8. The van der Waals surface area contributed by atoms with Gasteiger partial charge in [0.15, 0.2) is 6.29 Å². The van der Waals surface area contributed by atoms with Crippen LogP contribution in [0.15, 0.2) is 36.5 Å². The van der Waals surface area contributed by atoms with Crippen LogP contribution in [0.2, 0.25) is 0 Å². The van der Waals surface area contributed by atoms with Crippen LogP contribution in [0, 0.1) is 0 Å². The zero-order valence-corrected chi connectivity index (χ0v) is 47.1. The third-order valence-corrected chi connectivity index (χ3v) is 14.9. The van der Waals surface area contributed by atoms with Gasteiger partial charge in [0.25, 0.3) is 0 Å². The Hall–Kier alpha value is -1.67. The van der Waals surface area contributed by atoms with E-state index in [0.717, 1.165) is 64.2 Å². The Morgan fingerprint density at radius 2 is 0.822 bits per heavy atom. The number of rotatable bonds is 53. The first-order chi connectivity index (χ1) is 35.7. The number of hydrogen-bond acceptors (Lipinski definition) is 10. The number of carbonyl (C=O) groups is 1. The summed E-state index contributed by atoms with van der Waals surface area (Å²) in [5.41, 5.74) is 0. The zero-order chi connectivity index (χ0) is 53.3. The van der Waals surface area contributed by atoms with Crippen LogP contribution in [-0.4, -0.2) is 110 Å². The predicted octanol–water partition coefficient (Wildman–Crippen LogP) is 13.5. The molecule has 0 bridgehead atoms. The lowest BCUT2D eigenvalue weighted by Gasteiger charge is -2.40. The van der Waals surface area contributed by atoms with Gasteiger partial charge in [-0.2, -0.15) is 0 Å². The molecule has 0 saturated carbocycles. The summed E-state index contributed by atoms with van der Waals surface area (Å²) in [6.07, 6.45) is 52.3. The first-order valence-electron chi connectivity index (χ1n) is 30.9. The van der Waals surface area contributed by atoms with Crippen LogP contribution in [0.3, 0.4) is 0 Å². The minimum Gasteiger partial charge on any atom is -0.394 e. The minimum atomic E-state index is -1.67. The molecule has 1 rings (SSSR count). The molecule has 1 fully saturated rings. The van der Waals surface area contributed by atoms with E-state index < -0.39 is 74.2 Å². The topological polar surface area (TPSA) is 189 Å². The fraction of sp³-hybridized carbons (Fsp3) is 0.887. The molecule has 9 atom stereocenters. The van der Waals surface area contributed by atoms with Crippen molar-refractivity contribution in [3.8, 4) is 0 Å². The Balaban J connectivity index is 2.24. The summed E-state index contributed by atoms with van der Waals surface area (Å²) in [7, 11) is 0. The van der Waals surface area contributed by atoms with E-state index in [0.29, 0.717) is 19.3 Å². The van der Waals surface area contributed by atoms with Crippen molar-refractivity contribution in [2.75, 3.05) is 13.2 Å². The Labute approximate surface area is 447 Å². The highest BCUT2D eigenvalue weighted by molar-refractivity contribution is 5.80. The lowest BCUT2D eigenvalue weighted by atomic mass is 9.98. The molecular weight excluding hydrogens is 919 g/mol. The van der Waals surface area contributed by atoms with Gasteiger partial charge in [-0.3, -0.25) is 4.79 Å². The average molecular weight is 1040 g/mol. The fourth-order valence-corrected chi connectivity index (χ4v) is 9.87. The summed E-state index contributed by atoms with van der Waals surface area (Å²) in [6.45, 7) is 3.44. The molecule has 73 heavy (non-hydrogen) atoms. The second kappa shape index (κ2) is 51.1. The monoisotopic (exact) mass is 1040 g/mol. The second-order valence-electron chi connectivity index (χ2n) is 21.8. The fourth-order valence-electron chi connectivity index (χ4n) is 9.87. The molecule has 11 heteroatoms. The molecule has 430 valence electrons. The van der Waals surface area contributed by atoms with Gasteiger partial charge in [-0.25, -0.2) is 0 Å². The number of unbranched alkanes of at least 4 members (excludes halogenated alkanes) is 35. The van der Waals surface area contributed by atoms with Crippen LogP contribution >= 0.6 is 0 Å². The van der Waals surface area contributed by atoms with Crippen molar-refractivity contribution in [2.24, 2.45) is 0 Å². The van der Waals surface area contributed by atoms with E-state index in [-0.39, 0.29) is 12.8 Å². The van der Waals surface area contributed by atoms with Crippen LogP contribution in [-0.2, 0) is 14.3 Å². The molecule has 0 aromatic carbocycles. The Morgan fingerprint density at radius 3 is 1.23 bits per heavy atom. The van der Waals surface area contributed by atoms with Crippen molar-refractivity contribution in [3.05, 3.63) is 36.5 Å². The maximum atomic E-state index is 13.1. The van der Waals surface area contributed by atoms with Crippen molar-refractivity contribution in [3.63, 3.8) is 0 Å². The first-order valence-corrected chi connectivity index (χ1v) is 30.9. The van der Waals surface area contributed by atoms with Gasteiger partial charge in [-0.05, 0) is 77.0 Å². The van der Waals surface area contributed by atoms with Gasteiger partial charge in [0.05, 0.1) is 25.4 Å². The maximum Gasteiger partial charge on any atom is 0.249 e. The van der Waals surface area contributed by atoms with E-state index in [4.69, 9.17) is 9.47 Å². The highest BCUT2D eigenvalue weighted by Gasteiger charge is 2.44. The molecule has 1 amide bonds. The molecule has 0 spiro atoms. The van der Waals surface area contributed by atoms with Gasteiger partial charge in [-0.1, -0.05) is 243 Å². The van der Waals surface area contributed by atoms with E-state index in [2.05, 4.69) is 55.6 Å². The van der Waals surface area contributed by atoms with Crippen LogP contribution in [0.25, 0.3) is 0 Å². The van der Waals surface area contributed by atoms with Gasteiger partial charge in [-0.15, -0.1) is 0 Å². The van der Waals surface area contributed by atoms with E-state index in [1.54, 1.807) is 0 Å². The standard InChI is InChI=1S/C62H117NO10/c1-3-5-7-9-11-13-15-17-19-20-21-22-23-24-25-26-27-28-29-30-31-32-33-34-35-36-38-39-41-43-45-47-49-54(65)57(67)53(52-72-62-60(70)59(69)58(68)56(51-64)73-62)63-61(71)55(66)50-48-46-44-42-40-37-18-16-14-12-10-8-6-4-2/h14,16,35-36,41,43,53-60,62,64-70H,3-13,15,17-34,37-40,42,44-52H2,1-2H3,(H,63,71)/b16-14-,36-35+,43-41+. The molecule has 0 aliphatic carbocycles. The zero-order valence-electron chi connectivity index (χ0n) is 47.1. The molecule has 0 radical (unpaired) electrons. The number of aliphatic hydroxyl groups is 7. The van der Waals surface area contributed by atoms with Crippen molar-refractivity contribution >= 4 is 5.91 Å². The van der Waals surface area contributed by atoms with Crippen molar-refractivity contribution in [2.45, 2.75) is 339 Å². The van der Waals surface area contributed by atoms with Crippen molar-refractivity contribution < 1.29 is 50.0 Å². The lowest BCUT2D eigenvalue weighted by molar-refractivity contribution is -0.303. The Bertz CT molecular complexity index is 1280. The van der Waals surface area contributed by atoms with E-state index in [9.17, 15) is 40.5 Å². The summed E-state index contributed by atoms with van der Waals surface area (Å²) in [5, 5.41) is 76.1. The van der Waals surface area contributed by atoms with E-state index in [1.807, 2.05) is 0 Å². The van der Waals surface area contributed by atoms with Crippen LogP contribution in [0.1, 0.15) is 284 Å². The Morgan fingerprint density at radius 1 is 0.466 bits per heavy atom. The van der Waals surface area contributed by atoms with Gasteiger partial charge < -0.3 is 50.5 Å². The number of hydrogen-bond donors (Lipinski definition) is 8. The maximum absolute atomic E-state index is 13.1. The molecule has 1 heterocycles. The highest BCUT2D eigenvalue weighted by atomic mass is 16.7. The summed E-state index contributed by atoms with van der Waals surface area (Å²) >= 11 is 0. The highest BCUT2D eigenvalue weighted by Crippen LogP contribution is 2.23. The number of carbonyl (C=O) groups excluding carboxylic acids is 1. The van der Waals surface area contributed by atoms with Crippen LogP contribution < -0.4 is 5.32 Å². The summed E-state index contributed by atoms with van der Waals surface area (Å²) in [5.74, 6) is -0.715. The molecule has 1 saturated heterocycles. The molecule has 1 aliphatic rings. The number of nitrogens with one attached hydrogen (secondary N) is 1. The van der Waals surface area contributed by atoms with Crippen molar-refractivity contribution in [1.82, 2.24) is 5.32 Å².